The Labute approximate surface area is 172 Å². The summed E-state index contributed by atoms with van der Waals surface area (Å²) < 4.78 is 10.8. The molecule has 1 rings (SSSR count). The number of halogens is 4. The number of methoxy groups -OCH3 is 2. The fraction of sp³-hybridized carbons (Fsp3) is 0.250. The number of anilines is 1. The summed E-state index contributed by atoms with van der Waals surface area (Å²) in [4.78, 5) is 35.4. The maximum absolute atomic E-state index is 12.0. The molecule has 0 radical (unpaired) electrons. The molecule has 1 aromatic rings. The molecule has 6 nitrogen and oxygen atoms in total. The first-order chi connectivity index (χ1) is 10.3. The molecule has 0 heterocycles. The predicted molar refractivity (Wildman–Crippen MR) is 107 cm³/mol. The van der Waals surface area contributed by atoms with Crippen LogP contribution in [0, 0.1) is 10.7 Å². The number of carbonyl (C=O) groups is 3. The number of ether oxygens (including phenoxy) is 2. The van der Waals surface area contributed by atoms with E-state index in [0.29, 0.717) is 16.4 Å². The fourth-order valence-corrected chi connectivity index (χ4v) is 6.41. The van der Waals surface area contributed by atoms with Crippen LogP contribution < -0.4 is 5.32 Å². The number of carbonyl (C=O) groups excluding carboxylic acids is 3. The zero-order valence-corrected chi connectivity index (χ0v) is 18.5. The maximum Gasteiger partial charge on any atom is 0.340 e. The lowest BCUT2D eigenvalue weighted by atomic mass is 10.1. The highest BCUT2D eigenvalue weighted by Gasteiger charge is 2.28. The third-order valence-corrected chi connectivity index (χ3v) is 5.87. The summed E-state index contributed by atoms with van der Waals surface area (Å²) in [5.41, 5.74) is 0.658. The van der Waals surface area contributed by atoms with Crippen LogP contribution in [0.3, 0.4) is 0 Å². The first kappa shape index (κ1) is 20.3. The summed E-state index contributed by atoms with van der Waals surface area (Å²) in [7, 11) is 2.62. The number of nitrogens with one attached hydrogen (secondary N) is 1. The summed E-state index contributed by atoms with van der Waals surface area (Å²) >= 11 is 11.3. The van der Waals surface area contributed by atoms with Crippen molar-refractivity contribution < 1.29 is 23.9 Å². The van der Waals surface area contributed by atoms with Crippen LogP contribution in [-0.2, 0) is 14.3 Å². The van der Waals surface area contributed by atoms with Gasteiger partial charge >= 0.3 is 5.97 Å². The Morgan fingerprint density at radius 3 is 2.05 bits per heavy atom. The van der Waals surface area contributed by atoms with Crippen molar-refractivity contribution in [2.45, 2.75) is 0 Å². The van der Waals surface area contributed by atoms with Crippen LogP contribution in [0.5, 0.6) is 0 Å². The maximum atomic E-state index is 12.0. The van der Waals surface area contributed by atoms with Crippen LogP contribution in [-0.4, -0.2) is 37.9 Å². The van der Waals surface area contributed by atoms with Gasteiger partial charge in [0.25, 0.3) is 5.24 Å². The van der Waals surface area contributed by atoms with Crippen LogP contribution in [0.2, 0.25) is 0 Å². The van der Waals surface area contributed by atoms with Gasteiger partial charge in [-0.25, -0.2) is 4.79 Å². The summed E-state index contributed by atoms with van der Waals surface area (Å²) in [5.74, 6) is -1.03. The molecule has 0 saturated carbocycles. The molecule has 0 aliphatic heterocycles. The van der Waals surface area contributed by atoms with Crippen LogP contribution in [0.25, 0.3) is 0 Å². The van der Waals surface area contributed by atoms with E-state index in [0.717, 1.165) is 0 Å². The molecule has 0 fully saturated rings. The van der Waals surface area contributed by atoms with Crippen molar-refractivity contribution >= 4 is 102 Å². The second kappa shape index (κ2) is 8.94. The Morgan fingerprint density at radius 2 is 1.59 bits per heavy atom. The van der Waals surface area contributed by atoms with E-state index in [1.807, 2.05) is 67.8 Å². The number of benzene rings is 1. The van der Waals surface area contributed by atoms with Crippen molar-refractivity contribution in [1.82, 2.24) is 0 Å². The lowest BCUT2D eigenvalue weighted by Crippen LogP contribution is -2.22. The summed E-state index contributed by atoms with van der Waals surface area (Å²) in [6, 6.07) is 0. The van der Waals surface area contributed by atoms with Gasteiger partial charge < -0.3 is 14.8 Å². The van der Waals surface area contributed by atoms with E-state index < -0.39 is 17.1 Å². The highest BCUT2D eigenvalue weighted by atomic mass is 127. The largest absolute Gasteiger partial charge is 0.465 e. The number of amides is 1. The minimum Gasteiger partial charge on any atom is -0.465 e. The minimum atomic E-state index is -0.724. The average molecular weight is 663 g/mol. The number of rotatable bonds is 5. The van der Waals surface area contributed by atoms with Crippen molar-refractivity contribution in [2.24, 2.45) is 0 Å². The third kappa shape index (κ3) is 4.42. The Balaban J connectivity index is 3.62. The van der Waals surface area contributed by atoms with Gasteiger partial charge in [0.2, 0.25) is 5.91 Å². The number of esters is 1. The molecule has 0 bridgehead atoms. The smallest absolute Gasteiger partial charge is 0.340 e. The number of hydrogen-bond donors (Lipinski definition) is 1. The molecular formula is C12H9ClI3NO5. The molecule has 22 heavy (non-hydrogen) atoms. The minimum absolute atomic E-state index is 0.149. The van der Waals surface area contributed by atoms with Gasteiger partial charge in [-0.15, -0.1) is 0 Å². The van der Waals surface area contributed by atoms with E-state index in [1.165, 1.54) is 14.2 Å². The van der Waals surface area contributed by atoms with E-state index in [9.17, 15) is 14.4 Å². The van der Waals surface area contributed by atoms with Crippen LogP contribution in [0.4, 0.5) is 5.69 Å². The van der Waals surface area contributed by atoms with E-state index in [-0.39, 0.29) is 17.7 Å². The SMILES string of the molecule is COCC(=O)Nc1c(I)c(C(=O)Cl)c(I)c(C(=O)OC)c1I. The Morgan fingerprint density at radius 1 is 1.05 bits per heavy atom. The quantitative estimate of drug-likeness (QED) is 0.298. The molecule has 1 amide bonds. The van der Waals surface area contributed by atoms with Crippen molar-refractivity contribution in [1.29, 1.82) is 0 Å². The normalized spacial score (nSPS) is 10.3. The van der Waals surface area contributed by atoms with Crippen LogP contribution in [0.1, 0.15) is 20.7 Å². The van der Waals surface area contributed by atoms with Gasteiger partial charge in [0, 0.05) is 10.7 Å². The summed E-state index contributed by atoms with van der Waals surface area (Å²) in [6.07, 6.45) is 0. The predicted octanol–water partition coefficient (Wildman–Crippen LogP) is 3.25. The standard InChI is InChI=1S/C12H9ClI3NO5/c1-21-3-4(18)17-10-8(15)5(11(13)19)7(14)6(9(10)16)12(20)22-2/h3H2,1-2H3,(H,17,18). The van der Waals surface area contributed by atoms with Crippen LogP contribution >= 0.6 is 79.4 Å². The molecule has 120 valence electrons. The van der Waals surface area contributed by atoms with E-state index in [2.05, 4.69) is 5.32 Å². The van der Waals surface area contributed by atoms with Crippen molar-refractivity contribution in [3.8, 4) is 0 Å². The Bertz CT molecular complexity index is 650. The topological polar surface area (TPSA) is 81.7 Å². The fourth-order valence-electron chi connectivity index (χ4n) is 1.53. The van der Waals surface area contributed by atoms with Gasteiger partial charge in [-0.2, -0.15) is 0 Å². The monoisotopic (exact) mass is 663 g/mol. The van der Waals surface area contributed by atoms with Gasteiger partial charge in [-0.1, -0.05) is 0 Å². The lowest BCUT2D eigenvalue weighted by molar-refractivity contribution is -0.119. The second-order valence-corrected chi connectivity index (χ2v) is 7.39. The molecule has 0 saturated heterocycles. The van der Waals surface area contributed by atoms with E-state index in [1.54, 1.807) is 0 Å². The highest BCUT2D eigenvalue weighted by Crippen LogP contribution is 2.36. The second-order valence-electron chi connectivity index (χ2n) is 3.81. The lowest BCUT2D eigenvalue weighted by Gasteiger charge is -2.17. The van der Waals surface area contributed by atoms with Crippen molar-refractivity contribution in [2.75, 3.05) is 26.1 Å². The Hall–Kier alpha value is 0.270. The third-order valence-electron chi connectivity index (χ3n) is 2.44. The first-order valence-electron chi connectivity index (χ1n) is 5.53. The zero-order valence-electron chi connectivity index (χ0n) is 11.3. The van der Waals surface area contributed by atoms with Gasteiger partial charge in [-0.05, 0) is 79.4 Å². The van der Waals surface area contributed by atoms with Gasteiger partial charge in [0.15, 0.2) is 0 Å². The molecule has 0 atom stereocenters. The average Bonchev–Trinajstić information content (AvgIpc) is 2.43. The van der Waals surface area contributed by atoms with Crippen LogP contribution in [0.15, 0.2) is 0 Å². The molecule has 0 spiro atoms. The summed E-state index contributed by atoms with van der Waals surface area (Å²) in [5, 5.41) is 1.90. The first-order valence-corrected chi connectivity index (χ1v) is 9.15. The molecule has 1 N–H and O–H groups in total. The van der Waals surface area contributed by atoms with Gasteiger partial charge in [0.05, 0.1) is 31.1 Å². The molecule has 1 aromatic carbocycles. The molecule has 0 aliphatic carbocycles. The number of hydrogen-bond acceptors (Lipinski definition) is 5. The molecule has 0 aromatic heterocycles. The summed E-state index contributed by atoms with van der Waals surface area (Å²) in [6.45, 7) is -0.157. The molecule has 0 unspecified atom stereocenters. The van der Waals surface area contributed by atoms with Gasteiger partial charge in [0.1, 0.15) is 6.61 Å². The molecule has 10 heteroatoms. The molecule has 0 aliphatic rings. The van der Waals surface area contributed by atoms with E-state index >= 15 is 0 Å². The molecular weight excluding hydrogens is 654 g/mol. The van der Waals surface area contributed by atoms with E-state index in [4.69, 9.17) is 21.1 Å². The highest BCUT2D eigenvalue weighted by molar-refractivity contribution is 14.1. The Kier molecular flexibility index (Phi) is 8.25. The zero-order chi connectivity index (χ0) is 17.0. The van der Waals surface area contributed by atoms with Gasteiger partial charge in [-0.3, -0.25) is 9.59 Å². The van der Waals surface area contributed by atoms with Crippen molar-refractivity contribution in [3.05, 3.63) is 21.8 Å². The van der Waals surface area contributed by atoms with Crippen molar-refractivity contribution in [3.63, 3.8) is 0 Å².